The number of nitro benzene ring substituents is 1. The zero-order valence-electron chi connectivity index (χ0n) is 7.90. The topological polar surface area (TPSA) is 60.2 Å². The molecule has 0 saturated heterocycles. The van der Waals surface area contributed by atoms with E-state index in [9.17, 15) is 14.9 Å². The third-order valence-corrected chi connectivity index (χ3v) is 1.96. The zero-order chi connectivity index (χ0) is 10.6. The van der Waals surface area contributed by atoms with Gasteiger partial charge in [0, 0.05) is 17.2 Å². The van der Waals surface area contributed by atoms with Crippen molar-refractivity contribution in [3.63, 3.8) is 0 Å². The lowest BCUT2D eigenvalue weighted by atomic mass is 10.1. The Morgan fingerprint density at radius 1 is 1.50 bits per heavy atom. The second kappa shape index (κ2) is 4.50. The van der Waals surface area contributed by atoms with Crippen molar-refractivity contribution in [3.8, 4) is 0 Å². The lowest BCUT2D eigenvalue weighted by Gasteiger charge is -2.01. The predicted molar refractivity (Wildman–Crippen MR) is 52.5 cm³/mol. The third kappa shape index (κ3) is 2.16. The molecule has 1 aromatic rings. The van der Waals surface area contributed by atoms with Gasteiger partial charge in [0.05, 0.1) is 4.92 Å². The summed E-state index contributed by atoms with van der Waals surface area (Å²) in [5, 5.41) is 10.6. The Hall–Kier alpha value is -1.71. The number of nitro groups is 1. The van der Waals surface area contributed by atoms with Gasteiger partial charge in [-0.15, -0.1) is 0 Å². The number of hydrogen-bond acceptors (Lipinski definition) is 3. The molecule has 1 rings (SSSR count). The van der Waals surface area contributed by atoms with Crippen LogP contribution in [-0.2, 0) is 6.42 Å². The first-order chi connectivity index (χ1) is 6.69. The van der Waals surface area contributed by atoms with Crippen molar-refractivity contribution in [2.75, 3.05) is 0 Å². The molecule has 0 aromatic heterocycles. The summed E-state index contributed by atoms with van der Waals surface area (Å²) in [4.78, 5) is 20.7. The molecular formula is C10H11NO3. The first-order valence-electron chi connectivity index (χ1n) is 4.41. The lowest BCUT2D eigenvalue weighted by Crippen LogP contribution is -1.96. The SMILES string of the molecule is CCCc1cc(C=O)ccc1[N+](=O)[O-]. The Balaban J connectivity index is 3.16. The fraction of sp³-hybridized carbons (Fsp3) is 0.300. The summed E-state index contributed by atoms with van der Waals surface area (Å²) >= 11 is 0. The summed E-state index contributed by atoms with van der Waals surface area (Å²) in [6.45, 7) is 1.94. The van der Waals surface area contributed by atoms with E-state index in [-0.39, 0.29) is 5.69 Å². The van der Waals surface area contributed by atoms with Crippen LogP contribution < -0.4 is 0 Å². The van der Waals surface area contributed by atoms with Gasteiger partial charge < -0.3 is 0 Å². The molecule has 0 N–H and O–H groups in total. The minimum atomic E-state index is -0.417. The Morgan fingerprint density at radius 3 is 2.71 bits per heavy atom. The highest BCUT2D eigenvalue weighted by atomic mass is 16.6. The van der Waals surface area contributed by atoms with Crippen molar-refractivity contribution in [3.05, 3.63) is 39.4 Å². The van der Waals surface area contributed by atoms with Crippen LogP contribution in [0.2, 0.25) is 0 Å². The van der Waals surface area contributed by atoms with Crippen molar-refractivity contribution >= 4 is 12.0 Å². The van der Waals surface area contributed by atoms with Crippen molar-refractivity contribution in [1.29, 1.82) is 0 Å². The van der Waals surface area contributed by atoms with Crippen molar-refractivity contribution in [1.82, 2.24) is 0 Å². The van der Waals surface area contributed by atoms with Gasteiger partial charge in [0.2, 0.25) is 0 Å². The van der Waals surface area contributed by atoms with Gasteiger partial charge in [-0.1, -0.05) is 13.3 Å². The van der Waals surface area contributed by atoms with Gasteiger partial charge in [0.1, 0.15) is 6.29 Å². The van der Waals surface area contributed by atoms with E-state index in [0.717, 1.165) is 6.42 Å². The number of aldehydes is 1. The van der Waals surface area contributed by atoms with Crippen LogP contribution in [0, 0.1) is 10.1 Å². The fourth-order valence-corrected chi connectivity index (χ4v) is 1.33. The van der Waals surface area contributed by atoms with E-state index in [0.29, 0.717) is 23.8 Å². The molecule has 4 heteroatoms. The summed E-state index contributed by atoms with van der Waals surface area (Å²) in [5.74, 6) is 0. The first-order valence-corrected chi connectivity index (χ1v) is 4.41. The molecular weight excluding hydrogens is 182 g/mol. The smallest absolute Gasteiger partial charge is 0.272 e. The van der Waals surface area contributed by atoms with E-state index in [4.69, 9.17) is 0 Å². The molecule has 0 atom stereocenters. The largest absolute Gasteiger partial charge is 0.298 e. The van der Waals surface area contributed by atoms with Crippen LogP contribution in [-0.4, -0.2) is 11.2 Å². The number of hydrogen-bond donors (Lipinski definition) is 0. The standard InChI is InChI=1S/C10H11NO3/c1-2-3-9-6-8(7-12)4-5-10(9)11(13)14/h4-7H,2-3H2,1H3. The molecule has 1 aromatic carbocycles. The Morgan fingerprint density at radius 2 is 2.21 bits per heavy atom. The molecule has 0 bridgehead atoms. The van der Waals surface area contributed by atoms with Crippen LogP contribution in [0.3, 0.4) is 0 Å². The van der Waals surface area contributed by atoms with Gasteiger partial charge in [-0.05, 0) is 18.6 Å². The molecule has 0 aliphatic rings. The number of benzene rings is 1. The van der Waals surface area contributed by atoms with E-state index >= 15 is 0 Å². The van der Waals surface area contributed by atoms with E-state index in [1.165, 1.54) is 12.1 Å². The molecule has 74 valence electrons. The maximum atomic E-state index is 10.6. The molecule has 0 aliphatic heterocycles. The summed E-state index contributed by atoms with van der Waals surface area (Å²) in [7, 11) is 0. The predicted octanol–water partition coefficient (Wildman–Crippen LogP) is 2.36. The van der Waals surface area contributed by atoms with Crippen molar-refractivity contribution in [2.45, 2.75) is 19.8 Å². The summed E-state index contributed by atoms with van der Waals surface area (Å²) < 4.78 is 0. The van der Waals surface area contributed by atoms with Crippen LogP contribution >= 0.6 is 0 Å². The molecule has 14 heavy (non-hydrogen) atoms. The molecule has 0 radical (unpaired) electrons. The summed E-state index contributed by atoms with van der Waals surface area (Å²) in [5.41, 5.74) is 1.21. The molecule has 0 aliphatic carbocycles. The van der Waals surface area contributed by atoms with Crippen LogP contribution in [0.25, 0.3) is 0 Å². The van der Waals surface area contributed by atoms with E-state index in [2.05, 4.69) is 0 Å². The number of carbonyl (C=O) groups excluding carboxylic acids is 1. The number of nitrogens with zero attached hydrogens (tertiary/aromatic N) is 1. The fourth-order valence-electron chi connectivity index (χ4n) is 1.33. The highest BCUT2D eigenvalue weighted by Gasteiger charge is 2.12. The molecule has 0 heterocycles. The van der Waals surface area contributed by atoms with Crippen LogP contribution in [0.5, 0.6) is 0 Å². The van der Waals surface area contributed by atoms with Gasteiger partial charge in [0.15, 0.2) is 0 Å². The van der Waals surface area contributed by atoms with E-state index < -0.39 is 4.92 Å². The third-order valence-electron chi connectivity index (χ3n) is 1.96. The molecule has 0 fully saturated rings. The summed E-state index contributed by atoms with van der Waals surface area (Å²) in [6, 6.07) is 4.42. The maximum absolute atomic E-state index is 10.6. The van der Waals surface area contributed by atoms with E-state index in [1.54, 1.807) is 6.07 Å². The Kier molecular flexibility index (Phi) is 3.34. The van der Waals surface area contributed by atoms with Gasteiger partial charge in [-0.3, -0.25) is 14.9 Å². The highest BCUT2D eigenvalue weighted by molar-refractivity contribution is 5.76. The van der Waals surface area contributed by atoms with Crippen LogP contribution in [0.1, 0.15) is 29.3 Å². The lowest BCUT2D eigenvalue weighted by molar-refractivity contribution is -0.385. The molecule has 0 saturated carbocycles. The maximum Gasteiger partial charge on any atom is 0.272 e. The zero-order valence-corrected chi connectivity index (χ0v) is 7.90. The summed E-state index contributed by atoms with van der Waals surface area (Å²) in [6.07, 6.45) is 2.14. The average Bonchev–Trinajstić information content (AvgIpc) is 2.17. The van der Waals surface area contributed by atoms with Gasteiger partial charge in [0.25, 0.3) is 5.69 Å². The van der Waals surface area contributed by atoms with Gasteiger partial charge in [-0.2, -0.15) is 0 Å². The number of aryl methyl sites for hydroxylation is 1. The van der Waals surface area contributed by atoms with Gasteiger partial charge in [-0.25, -0.2) is 0 Å². The minimum absolute atomic E-state index is 0.0949. The quantitative estimate of drug-likeness (QED) is 0.419. The molecule has 0 unspecified atom stereocenters. The first kappa shape index (κ1) is 10.4. The van der Waals surface area contributed by atoms with Crippen LogP contribution in [0.4, 0.5) is 5.69 Å². The number of rotatable bonds is 4. The van der Waals surface area contributed by atoms with E-state index in [1.807, 2.05) is 6.92 Å². The second-order valence-corrected chi connectivity index (χ2v) is 3.01. The van der Waals surface area contributed by atoms with Gasteiger partial charge >= 0.3 is 0 Å². The van der Waals surface area contributed by atoms with Crippen LogP contribution in [0.15, 0.2) is 18.2 Å². The van der Waals surface area contributed by atoms with Crippen molar-refractivity contribution in [2.24, 2.45) is 0 Å². The molecule has 0 spiro atoms. The highest BCUT2D eigenvalue weighted by Crippen LogP contribution is 2.20. The monoisotopic (exact) mass is 193 g/mol. The normalized spacial score (nSPS) is 9.79. The minimum Gasteiger partial charge on any atom is -0.298 e. The molecule has 0 amide bonds. The Labute approximate surface area is 81.7 Å². The molecule has 4 nitrogen and oxygen atoms in total. The average molecular weight is 193 g/mol. The van der Waals surface area contributed by atoms with Crippen molar-refractivity contribution < 1.29 is 9.72 Å². The number of carbonyl (C=O) groups is 1. The Bertz CT molecular complexity index is 360. The second-order valence-electron chi connectivity index (χ2n) is 3.01.